The van der Waals surface area contributed by atoms with E-state index in [9.17, 15) is 9.59 Å². The number of likely N-dealkylation sites (tertiary alicyclic amines) is 1. The molecule has 3 atom stereocenters. The van der Waals surface area contributed by atoms with Crippen LogP contribution in [0.3, 0.4) is 0 Å². The van der Waals surface area contributed by atoms with Gasteiger partial charge in [0, 0.05) is 24.3 Å². The Bertz CT molecular complexity index is 525. The molecule has 1 aromatic rings. The van der Waals surface area contributed by atoms with E-state index in [0.717, 1.165) is 12.8 Å². The molecule has 4 N–H and O–H groups in total. The molecule has 1 fully saturated rings. The third-order valence-corrected chi connectivity index (χ3v) is 4.45. The second-order valence-electron chi connectivity index (χ2n) is 6.25. The minimum Gasteiger partial charge on any atom is -0.368 e. The summed E-state index contributed by atoms with van der Waals surface area (Å²) in [6.45, 7) is 4.75. The normalized spacial score (nSPS) is 23.0. The third-order valence-electron chi connectivity index (χ3n) is 4.45. The Hall–Kier alpha value is -2.08. The minimum atomic E-state index is -0.707. The Labute approximate surface area is 137 Å². The fraction of sp³-hybridized carbons (Fsp3) is 0.529. The van der Waals surface area contributed by atoms with Crippen molar-refractivity contribution in [3.63, 3.8) is 0 Å². The van der Waals surface area contributed by atoms with Gasteiger partial charge in [0.1, 0.15) is 6.04 Å². The summed E-state index contributed by atoms with van der Waals surface area (Å²) in [6.07, 6.45) is 3.40. The number of benzene rings is 1. The molecule has 1 aromatic carbocycles. The average Bonchev–Trinajstić information content (AvgIpc) is 2.50. The number of primary amides is 1. The van der Waals surface area contributed by atoms with Crippen LogP contribution in [0.25, 0.3) is 0 Å². The van der Waals surface area contributed by atoms with Crippen molar-refractivity contribution in [2.75, 3.05) is 11.9 Å². The highest BCUT2D eigenvalue weighted by molar-refractivity contribution is 5.93. The largest absolute Gasteiger partial charge is 0.368 e. The van der Waals surface area contributed by atoms with Crippen molar-refractivity contribution in [1.82, 2.24) is 10.2 Å². The molecule has 126 valence electrons. The van der Waals surface area contributed by atoms with Gasteiger partial charge in [0.2, 0.25) is 5.91 Å². The standard InChI is InChI=1S/C17H26N4O2/c1-12-7-6-8-13(2)21(12)11-15(16(18)22)20-17(23)19-14-9-4-3-5-10-14/h3-5,9-10,12-13,15H,6-8,11H2,1-2H3,(H2,18,22)(H2,19,20,23)/t12-,13+,15-/m1/s1. The Kier molecular flexibility index (Phi) is 5.98. The average molecular weight is 318 g/mol. The van der Waals surface area contributed by atoms with Gasteiger partial charge in [-0.25, -0.2) is 4.79 Å². The van der Waals surface area contributed by atoms with Crippen LogP contribution in [-0.4, -0.2) is 41.5 Å². The summed E-state index contributed by atoms with van der Waals surface area (Å²) >= 11 is 0. The Balaban J connectivity index is 1.95. The molecule has 3 amide bonds. The Morgan fingerprint density at radius 3 is 2.39 bits per heavy atom. The first-order valence-electron chi connectivity index (χ1n) is 8.15. The lowest BCUT2D eigenvalue weighted by molar-refractivity contribution is -0.120. The highest BCUT2D eigenvalue weighted by Gasteiger charge is 2.29. The predicted octanol–water partition coefficient (Wildman–Crippen LogP) is 1.92. The topological polar surface area (TPSA) is 87.5 Å². The quantitative estimate of drug-likeness (QED) is 0.775. The smallest absolute Gasteiger partial charge is 0.319 e. The molecule has 1 aliphatic heterocycles. The number of para-hydroxylation sites is 1. The number of piperidine rings is 1. The number of anilines is 1. The van der Waals surface area contributed by atoms with E-state index < -0.39 is 18.0 Å². The molecule has 1 saturated heterocycles. The van der Waals surface area contributed by atoms with Crippen LogP contribution in [0.15, 0.2) is 30.3 Å². The maximum atomic E-state index is 12.1. The highest BCUT2D eigenvalue weighted by atomic mass is 16.2. The van der Waals surface area contributed by atoms with Crippen molar-refractivity contribution >= 4 is 17.6 Å². The number of urea groups is 1. The van der Waals surface area contributed by atoms with Crippen LogP contribution in [0, 0.1) is 0 Å². The van der Waals surface area contributed by atoms with Gasteiger partial charge in [-0.3, -0.25) is 9.69 Å². The predicted molar refractivity (Wildman–Crippen MR) is 91.1 cm³/mol. The van der Waals surface area contributed by atoms with E-state index in [-0.39, 0.29) is 0 Å². The molecule has 0 unspecified atom stereocenters. The number of hydrogen-bond donors (Lipinski definition) is 3. The van der Waals surface area contributed by atoms with E-state index in [1.54, 1.807) is 12.1 Å². The zero-order chi connectivity index (χ0) is 16.8. The lowest BCUT2D eigenvalue weighted by atomic mass is 9.97. The first kappa shape index (κ1) is 17.3. The number of hydrogen-bond acceptors (Lipinski definition) is 3. The van der Waals surface area contributed by atoms with E-state index in [4.69, 9.17) is 5.73 Å². The molecule has 1 aliphatic rings. The van der Waals surface area contributed by atoms with Crippen molar-refractivity contribution in [3.05, 3.63) is 30.3 Å². The maximum absolute atomic E-state index is 12.1. The van der Waals surface area contributed by atoms with Crippen LogP contribution in [0.4, 0.5) is 10.5 Å². The summed E-state index contributed by atoms with van der Waals surface area (Å²) in [5, 5.41) is 5.40. The summed E-state index contributed by atoms with van der Waals surface area (Å²) in [5.74, 6) is -0.516. The lowest BCUT2D eigenvalue weighted by Crippen LogP contribution is -2.56. The molecule has 6 nitrogen and oxygen atoms in total. The number of nitrogens with two attached hydrogens (primary N) is 1. The van der Waals surface area contributed by atoms with E-state index in [0.29, 0.717) is 24.3 Å². The van der Waals surface area contributed by atoms with Gasteiger partial charge in [0.05, 0.1) is 0 Å². The number of amides is 3. The van der Waals surface area contributed by atoms with E-state index in [1.165, 1.54) is 6.42 Å². The minimum absolute atomic E-state index is 0.389. The molecular formula is C17H26N4O2. The second kappa shape index (κ2) is 7.97. The third kappa shape index (κ3) is 4.96. The van der Waals surface area contributed by atoms with E-state index in [1.807, 2.05) is 18.2 Å². The summed E-state index contributed by atoms with van der Waals surface area (Å²) in [6, 6.07) is 8.75. The zero-order valence-electron chi connectivity index (χ0n) is 13.8. The van der Waals surface area contributed by atoms with Crippen molar-refractivity contribution in [2.45, 2.75) is 51.2 Å². The summed E-state index contributed by atoms with van der Waals surface area (Å²) in [7, 11) is 0. The van der Waals surface area contributed by atoms with Gasteiger partial charge in [-0.05, 0) is 38.8 Å². The molecular weight excluding hydrogens is 292 g/mol. The number of nitrogens with zero attached hydrogens (tertiary/aromatic N) is 1. The Morgan fingerprint density at radius 1 is 1.22 bits per heavy atom. The monoisotopic (exact) mass is 318 g/mol. The van der Waals surface area contributed by atoms with Gasteiger partial charge in [0.25, 0.3) is 0 Å². The highest BCUT2D eigenvalue weighted by Crippen LogP contribution is 2.22. The molecule has 0 spiro atoms. The van der Waals surface area contributed by atoms with Crippen LogP contribution < -0.4 is 16.4 Å². The number of carbonyl (C=O) groups is 2. The van der Waals surface area contributed by atoms with E-state index in [2.05, 4.69) is 29.4 Å². The number of nitrogens with one attached hydrogen (secondary N) is 2. The van der Waals surface area contributed by atoms with Gasteiger partial charge < -0.3 is 16.4 Å². The van der Waals surface area contributed by atoms with Gasteiger partial charge in [0.15, 0.2) is 0 Å². The Morgan fingerprint density at radius 2 is 1.83 bits per heavy atom. The van der Waals surface area contributed by atoms with Crippen LogP contribution in [0.1, 0.15) is 33.1 Å². The molecule has 23 heavy (non-hydrogen) atoms. The van der Waals surface area contributed by atoms with Gasteiger partial charge >= 0.3 is 6.03 Å². The molecule has 0 saturated carbocycles. The van der Waals surface area contributed by atoms with Crippen LogP contribution in [0.5, 0.6) is 0 Å². The van der Waals surface area contributed by atoms with E-state index >= 15 is 0 Å². The molecule has 2 rings (SSSR count). The number of rotatable bonds is 5. The van der Waals surface area contributed by atoms with Crippen molar-refractivity contribution in [3.8, 4) is 0 Å². The molecule has 0 radical (unpaired) electrons. The summed E-state index contributed by atoms with van der Waals surface area (Å²) in [5.41, 5.74) is 6.15. The maximum Gasteiger partial charge on any atom is 0.319 e. The molecule has 0 bridgehead atoms. The SMILES string of the molecule is C[C@@H]1CCC[C@H](C)N1C[C@@H](NC(=O)Nc1ccccc1)C(N)=O. The lowest BCUT2D eigenvalue weighted by Gasteiger charge is -2.40. The molecule has 6 heteroatoms. The van der Waals surface area contributed by atoms with Crippen molar-refractivity contribution in [1.29, 1.82) is 0 Å². The number of carbonyl (C=O) groups excluding carboxylic acids is 2. The van der Waals surface area contributed by atoms with Gasteiger partial charge in [-0.15, -0.1) is 0 Å². The zero-order valence-corrected chi connectivity index (χ0v) is 13.8. The molecule has 0 aliphatic carbocycles. The first-order valence-corrected chi connectivity index (χ1v) is 8.15. The summed E-state index contributed by atoms with van der Waals surface area (Å²) < 4.78 is 0. The summed E-state index contributed by atoms with van der Waals surface area (Å²) in [4.78, 5) is 26.1. The van der Waals surface area contributed by atoms with Gasteiger partial charge in [-0.1, -0.05) is 24.6 Å². The second-order valence-corrected chi connectivity index (χ2v) is 6.25. The van der Waals surface area contributed by atoms with Gasteiger partial charge in [-0.2, -0.15) is 0 Å². The van der Waals surface area contributed by atoms with Crippen LogP contribution in [0.2, 0.25) is 0 Å². The fourth-order valence-corrected chi connectivity index (χ4v) is 3.10. The first-order chi connectivity index (χ1) is 11.0. The van der Waals surface area contributed by atoms with Crippen LogP contribution in [-0.2, 0) is 4.79 Å². The fourth-order valence-electron chi connectivity index (χ4n) is 3.10. The van der Waals surface area contributed by atoms with Crippen molar-refractivity contribution in [2.24, 2.45) is 5.73 Å². The van der Waals surface area contributed by atoms with Crippen LogP contribution >= 0.6 is 0 Å². The van der Waals surface area contributed by atoms with Crippen molar-refractivity contribution < 1.29 is 9.59 Å². The molecule has 1 heterocycles. The molecule has 0 aromatic heterocycles.